The normalized spacial score (nSPS) is 12.4. The molecule has 0 aliphatic rings. The predicted molar refractivity (Wildman–Crippen MR) is 69.6 cm³/mol. The zero-order valence-corrected chi connectivity index (χ0v) is 10.9. The van der Waals surface area contributed by atoms with E-state index < -0.39 is 0 Å². The third kappa shape index (κ3) is 2.36. The molecule has 0 spiro atoms. The van der Waals surface area contributed by atoms with E-state index in [0.717, 1.165) is 17.7 Å². The second-order valence-corrected chi connectivity index (χ2v) is 3.95. The lowest BCUT2D eigenvalue weighted by molar-refractivity contribution is 0.388. The molecule has 2 heterocycles. The minimum absolute atomic E-state index is 0.0361. The summed E-state index contributed by atoms with van der Waals surface area (Å²) < 4.78 is 7.21. The smallest absolute Gasteiger partial charge is 0.218 e. The summed E-state index contributed by atoms with van der Waals surface area (Å²) in [5, 5.41) is 7.57. The van der Waals surface area contributed by atoms with Crippen LogP contribution < -0.4 is 10.1 Å². The van der Waals surface area contributed by atoms with Crippen molar-refractivity contribution in [3.8, 4) is 5.88 Å². The summed E-state index contributed by atoms with van der Waals surface area (Å²) in [6.07, 6.45) is 5.63. The van der Waals surface area contributed by atoms with Crippen molar-refractivity contribution in [3.05, 3.63) is 41.9 Å². The van der Waals surface area contributed by atoms with Crippen LogP contribution in [0.15, 0.2) is 30.7 Å². The molecular formula is C13H18N4O. The van der Waals surface area contributed by atoms with E-state index >= 15 is 0 Å². The van der Waals surface area contributed by atoms with Gasteiger partial charge >= 0.3 is 0 Å². The van der Waals surface area contributed by atoms with Gasteiger partial charge in [0.25, 0.3) is 0 Å². The number of rotatable bonds is 5. The Bertz CT molecular complexity index is 509. The van der Waals surface area contributed by atoms with E-state index in [1.54, 1.807) is 13.3 Å². The summed E-state index contributed by atoms with van der Waals surface area (Å²) in [7, 11) is 3.55. The number of aryl methyl sites for hydroxylation is 1. The third-order valence-corrected chi connectivity index (χ3v) is 2.90. The highest BCUT2D eigenvalue weighted by Gasteiger charge is 2.18. The largest absolute Gasteiger partial charge is 0.481 e. The Hall–Kier alpha value is -1.88. The highest BCUT2D eigenvalue weighted by molar-refractivity contribution is 5.35. The number of nitrogens with one attached hydrogen (secondary N) is 1. The first-order valence-electron chi connectivity index (χ1n) is 5.98. The monoisotopic (exact) mass is 246 g/mol. The maximum atomic E-state index is 5.30. The van der Waals surface area contributed by atoms with Gasteiger partial charge in [-0.15, -0.1) is 0 Å². The molecule has 18 heavy (non-hydrogen) atoms. The van der Waals surface area contributed by atoms with Gasteiger partial charge in [-0.25, -0.2) is 4.98 Å². The van der Waals surface area contributed by atoms with Gasteiger partial charge in [0.2, 0.25) is 5.88 Å². The van der Waals surface area contributed by atoms with Crippen molar-refractivity contribution < 1.29 is 4.74 Å². The predicted octanol–water partition coefficient (Wildman–Crippen LogP) is 1.62. The fourth-order valence-electron chi connectivity index (χ4n) is 2.00. The number of ether oxygens (including phenoxy) is 1. The molecule has 0 saturated heterocycles. The summed E-state index contributed by atoms with van der Waals surface area (Å²) in [5.74, 6) is 0.640. The van der Waals surface area contributed by atoms with Crippen LogP contribution in [0.5, 0.6) is 5.88 Å². The van der Waals surface area contributed by atoms with Gasteiger partial charge in [0.15, 0.2) is 0 Å². The Morgan fingerprint density at radius 1 is 1.50 bits per heavy atom. The number of hydrogen-bond donors (Lipinski definition) is 1. The van der Waals surface area contributed by atoms with Crippen LogP contribution in [-0.4, -0.2) is 28.9 Å². The molecule has 0 fully saturated rings. The summed E-state index contributed by atoms with van der Waals surface area (Å²) in [5.41, 5.74) is 2.11. The summed E-state index contributed by atoms with van der Waals surface area (Å²) in [6, 6.07) is 3.96. The molecule has 0 aliphatic carbocycles. The van der Waals surface area contributed by atoms with Crippen molar-refractivity contribution in [2.45, 2.75) is 19.5 Å². The van der Waals surface area contributed by atoms with Gasteiger partial charge in [-0.1, -0.05) is 6.07 Å². The van der Waals surface area contributed by atoms with Gasteiger partial charge in [0.1, 0.15) is 0 Å². The number of pyridine rings is 1. The fourth-order valence-corrected chi connectivity index (χ4v) is 2.00. The first kappa shape index (κ1) is 12.6. The molecule has 2 aromatic heterocycles. The van der Waals surface area contributed by atoms with Crippen molar-refractivity contribution in [1.82, 2.24) is 20.1 Å². The number of hydrogen-bond acceptors (Lipinski definition) is 4. The molecule has 5 heteroatoms. The zero-order valence-electron chi connectivity index (χ0n) is 10.9. The van der Waals surface area contributed by atoms with Crippen LogP contribution in [0, 0.1) is 0 Å². The van der Waals surface area contributed by atoms with Crippen molar-refractivity contribution in [2.75, 3.05) is 14.2 Å². The minimum atomic E-state index is 0.0361. The topological polar surface area (TPSA) is 52.0 Å². The molecule has 0 radical (unpaired) electrons. The molecule has 0 saturated carbocycles. The second-order valence-electron chi connectivity index (χ2n) is 3.95. The zero-order chi connectivity index (χ0) is 13.0. The quantitative estimate of drug-likeness (QED) is 0.871. The van der Waals surface area contributed by atoms with Crippen LogP contribution in [0.25, 0.3) is 0 Å². The molecule has 1 N–H and O–H groups in total. The molecule has 1 unspecified atom stereocenters. The number of methoxy groups -OCH3 is 1. The van der Waals surface area contributed by atoms with E-state index in [1.807, 2.05) is 36.3 Å². The third-order valence-electron chi connectivity index (χ3n) is 2.90. The summed E-state index contributed by atoms with van der Waals surface area (Å²) >= 11 is 0. The molecule has 0 amide bonds. The van der Waals surface area contributed by atoms with Crippen molar-refractivity contribution in [1.29, 1.82) is 0 Å². The Labute approximate surface area is 107 Å². The van der Waals surface area contributed by atoms with Crippen LogP contribution >= 0.6 is 0 Å². The fraction of sp³-hybridized carbons (Fsp3) is 0.385. The molecule has 0 aliphatic heterocycles. The maximum absolute atomic E-state index is 5.30. The van der Waals surface area contributed by atoms with E-state index in [9.17, 15) is 0 Å². The van der Waals surface area contributed by atoms with Crippen LogP contribution in [0.4, 0.5) is 0 Å². The van der Waals surface area contributed by atoms with Gasteiger partial charge < -0.3 is 10.1 Å². The lowest BCUT2D eigenvalue weighted by Gasteiger charge is -2.16. The molecule has 0 bridgehead atoms. The van der Waals surface area contributed by atoms with Crippen molar-refractivity contribution >= 4 is 0 Å². The first-order chi connectivity index (χ1) is 8.80. The Morgan fingerprint density at radius 2 is 2.33 bits per heavy atom. The lowest BCUT2D eigenvalue weighted by atomic mass is 10.0. The van der Waals surface area contributed by atoms with E-state index in [-0.39, 0.29) is 6.04 Å². The van der Waals surface area contributed by atoms with Gasteiger partial charge in [-0.05, 0) is 20.0 Å². The molecule has 5 nitrogen and oxygen atoms in total. The average molecular weight is 246 g/mol. The van der Waals surface area contributed by atoms with E-state index in [0.29, 0.717) is 5.88 Å². The molecule has 0 aromatic carbocycles. The van der Waals surface area contributed by atoms with Gasteiger partial charge in [-0.2, -0.15) is 5.10 Å². The van der Waals surface area contributed by atoms with E-state index in [1.165, 1.54) is 0 Å². The Balaban J connectivity index is 2.38. The number of nitrogens with zero attached hydrogens (tertiary/aromatic N) is 3. The highest BCUT2D eigenvalue weighted by atomic mass is 16.5. The molecule has 2 rings (SSSR count). The van der Waals surface area contributed by atoms with Crippen LogP contribution in [0.3, 0.4) is 0 Å². The minimum Gasteiger partial charge on any atom is -0.481 e. The van der Waals surface area contributed by atoms with Crippen LogP contribution in [0.2, 0.25) is 0 Å². The van der Waals surface area contributed by atoms with Gasteiger partial charge in [-0.3, -0.25) is 4.68 Å². The highest BCUT2D eigenvalue weighted by Crippen LogP contribution is 2.27. The van der Waals surface area contributed by atoms with Crippen molar-refractivity contribution in [2.24, 2.45) is 0 Å². The number of aromatic nitrogens is 3. The van der Waals surface area contributed by atoms with Gasteiger partial charge in [0.05, 0.1) is 19.3 Å². The summed E-state index contributed by atoms with van der Waals surface area (Å²) in [4.78, 5) is 4.23. The first-order valence-corrected chi connectivity index (χ1v) is 5.98. The molecular weight excluding hydrogens is 228 g/mol. The van der Waals surface area contributed by atoms with Crippen molar-refractivity contribution in [3.63, 3.8) is 0 Å². The second kappa shape index (κ2) is 5.64. The Morgan fingerprint density at radius 3 is 2.94 bits per heavy atom. The van der Waals surface area contributed by atoms with Gasteiger partial charge in [0, 0.05) is 30.1 Å². The van der Waals surface area contributed by atoms with Crippen LogP contribution in [-0.2, 0) is 6.54 Å². The molecule has 2 aromatic rings. The maximum Gasteiger partial charge on any atom is 0.218 e. The van der Waals surface area contributed by atoms with E-state index in [4.69, 9.17) is 4.74 Å². The van der Waals surface area contributed by atoms with E-state index in [2.05, 4.69) is 22.3 Å². The SMILES string of the molecule is CCn1cc(C(NC)c2cccnc2OC)cn1. The molecule has 1 atom stereocenters. The standard InChI is InChI=1S/C13H18N4O/c1-4-17-9-10(8-16-17)12(14-2)11-6-5-7-15-13(11)18-3/h5-9,12,14H,4H2,1-3H3. The van der Waals surface area contributed by atoms with Crippen LogP contribution in [0.1, 0.15) is 24.1 Å². The Kier molecular flexibility index (Phi) is 3.94. The molecule has 96 valence electrons. The average Bonchev–Trinajstić information content (AvgIpc) is 2.89. The lowest BCUT2D eigenvalue weighted by Crippen LogP contribution is -2.18. The summed E-state index contributed by atoms with van der Waals surface area (Å²) in [6.45, 7) is 2.93.